The van der Waals surface area contributed by atoms with Crippen LogP contribution in [-0.2, 0) is 19.6 Å². The number of amides is 1. The predicted octanol–water partition coefficient (Wildman–Crippen LogP) is 1.54. The summed E-state index contributed by atoms with van der Waals surface area (Å²) in [7, 11) is -3.22. The Bertz CT molecular complexity index is 656. The van der Waals surface area contributed by atoms with Crippen molar-refractivity contribution in [1.29, 1.82) is 0 Å². The molecule has 8 heteroatoms. The third-order valence-corrected chi connectivity index (χ3v) is 8.52. The predicted molar refractivity (Wildman–Crippen MR) is 97.0 cm³/mol. The maximum atomic E-state index is 12.9. The van der Waals surface area contributed by atoms with E-state index in [1.807, 2.05) is 6.92 Å². The van der Waals surface area contributed by atoms with Gasteiger partial charge < -0.3 is 10.0 Å². The fraction of sp³-hybridized carbons (Fsp3) is 0.889. The highest BCUT2D eigenvalue weighted by atomic mass is 32.2. The minimum absolute atomic E-state index is 0.0191. The van der Waals surface area contributed by atoms with Gasteiger partial charge in [-0.3, -0.25) is 9.59 Å². The van der Waals surface area contributed by atoms with Gasteiger partial charge in [0.2, 0.25) is 15.9 Å². The van der Waals surface area contributed by atoms with Crippen molar-refractivity contribution in [2.45, 2.75) is 51.9 Å². The van der Waals surface area contributed by atoms with Crippen LogP contribution in [0.5, 0.6) is 0 Å². The zero-order valence-electron chi connectivity index (χ0n) is 15.5. The lowest BCUT2D eigenvalue weighted by Crippen LogP contribution is -2.45. The monoisotopic (exact) mass is 386 g/mol. The molecule has 2 atom stereocenters. The van der Waals surface area contributed by atoms with Gasteiger partial charge in [-0.25, -0.2) is 12.7 Å². The summed E-state index contributed by atoms with van der Waals surface area (Å²) in [4.78, 5) is 26.4. The topological polar surface area (TPSA) is 95.0 Å². The second-order valence-electron chi connectivity index (χ2n) is 8.11. The molecule has 2 saturated heterocycles. The van der Waals surface area contributed by atoms with Crippen molar-refractivity contribution in [3.05, 3.63) is 0 Å². The van der Waals surface area contributed by atoms with Crippen molar-refractivity contribution < 1.29 is 23.1 Å². The Kier molecular flexibility index (Phi) is 5.63. The summed E-state index contributed by atoms with van der Waals surface area (Å²) in [6.07, 6.45) is 5.03. The smallest absolute Gasteiger partial charge is 0.311 e. The SMILES string of the molecule is CCCCS(=O)(=O)N1CCC(C(=O)N2C[C@@H]3CCC[C@@]3(C(=O)O)C2)CC1. The van der Waals surface area contributed by atoms with Crippen LogP contribution in [0.25, 0.3) is 0 Å². The van der Waals surface area contributed by atoms with E-state index in [0.29, 0.717) is 51.9 Å². The van der Waals surface area contributed by atoms with E-state index in [1.165, 1.54) is 4.31 Å². The first kappa shape index (κ1) is 19.6. The van der Waals surface area contributed by atoms with E-state index < -0.39 is 21.4 Å². The van der Waals surface area contributed by atoms with Crippen molar-refractivity contribution in [2.24, 2.45) is 17.3 Å². The van der Waals surface area contributed by atoms with Crippen molar-refractivity contribution in [3.8, 4) is 0 Å². The molecule has 3 rings (SSSR count). The Labute approximate surface area is 155 Å². The van der Waals surface area contributed by atoms with Gasteiger partial charge in [0.1, 0.15) is 0 Å². The van der Waals surface area contributed by atoms with Crippen LogP contribution >= 0.6 is 0 Å². The number of hydrogen-bond acceptors (Lipinski definition) is 4. The van der Waals surface area contributed by atoms with Crippen LogP contribution in [0.2, 0.25) is 0 Å². The number of nitrogens with zero attached hydrogens (tertiary/aromatic N) is 2. The fourth-order valence-corrected chi connectivity index (χ4v) is 6.58. The van der Waals surface area contributed by atoms with E-state index in [4.69, 9.17) is 0 Å². The molecule has 1 saturated carbocycles. The van der Waals surface area contributed by atoms with Crippen LogP contribution in [0.3, 0.4) is 0 Å². The molecule has 2 aliphatic heterocycles. The van der Waals surface area contributed by atoms with Crippen molar-refractivity contribution in [2.75, 3.05) is 31.9 Å². The van der Waals surface area contributed by atoms with Crippen molar-refractivity contribution in [3.63, 3.8) is 0 Å². The minimum atomic E-state index is -3.22. The van der Waals surface area contributed by atoms with E-state index >= 15 is 0 Å². The normalized spacial score (nSPS) is 30.5. The Hall–Kier alpha value is -1.15. The van der Waals surface area contributed by atoms with Gasteiger partial charge in [-0.2, -0.15) is 0 Å². The number of carbonyl (C=O) groups excluding carboxylic acids is 1. The summed E-state index contributed by atoms with van der Waals surface area (Å²) in [5.74, 6) is -0.689. The minimum Gasteiger partial charge on any atom is -0.481 e. The van der Waals surface area contributed by atoms with Gasteiger partial charge in [0.25, 0.3) is 0 Å². The first-order chi connectivity index (χ1) is 12.3. The Morgan fingerprint density at radius 1 is 1.19 bits per heavy atom. The zero-order valence-corrected chi connectivity index (χ0v) is 16.3. The van der Waals surface area contributed by atoms with Gasteiger partial charge in [-0.15, -0.1) is 0 Å². The van der Waals surface area contributed by atoms with Gasteiger partial charge in [0, 0.05) is 32.1 Å². The summed E-state index contributed by atoms with van der Waals surface area (Å²) < 4.78 is 26.1. The number of carboxylic acid groups (broad SMARTS) is 1. The van der Waals surface area contributed by atoms with Crippen LogP contribution in [-0.4, -0.2) is 66.5 Å². The molecule has 7 nitrogen and oxygen atoms in total. The van der Waals surface area contributed by atoms with E-state index in [1.54, 1.807) is 4.90 Å². The van der Waals surface area contributed by atoms with E-state index in [0.717, 1.165) is 19.3 Å². The number of hydrogen-bond donors (Lipinski definition) is 1. The molecule has 26 heavy (non-hydrogen) atoms. The molecule has 2 heterocycles. The molecule has 3 aliphatic rings. The number of fused-ring (bicyclic) bond motifs is 1. The molecule has 0 radical (unpaired) electrons. The molecular weight excluding hydrogens is 356 g/mol. The number of carbonyl (C=O) groups is 2. The molecule has 0 unspecified atom stereocenters. The van der Waals surface area contributed by atoms with Crippen LogP contribution in [0.1, 0.15) is 51.9 Å². The summed E-state index contributed by atoms with van der Waals surface area (Å²) in [6, 6.07) is 0. The number of rotatable bonds is 6. The second kappa shape index (κ2) is 7.46. The molecule has 1 N–H and O–H groups in total. The van der Waals surface area contributed by atoms with Gasteiger partial charge in [0.05, 0.1) is 11.2 Å². The van der Waals surface area contributed by atoms with Gasteiger partial charge in [0.15, 0.2) is 0 Å². The summed E-state index contributed by atoms with van der Waals surface area (Å²) >= 11 is 0. The molecular formula is C18H30N2O5S. The third kappa shape index (κ3) is 3.50. The zero-order chi connectivity index (χ0) is 18.9. The number of likely N-dealkylation sites (tertiary alicyclic amines) is 1. The maximum Gasteiger partial charge on any atom is 0.311 e. The highest BCUT2D eigenvalue weighted by molar-refractivity contribution is 7.89. The fourth-order valence-electron chi connectivity index (χ4n) is 4.90. The van der Waals surface area contributed by atoms with E-state index in [2.05, 4.69) is 0 Å². The molecule has 0 aromatic heterocycles. The van der Waals surface area contributed by atoms with Crippen LogP contribution in [0.4, 0.5) is 0 Å². The van der Waals surface area contributed by atoms with Gasteiger partial charge in [-0.1, -0.05) is 19.8 Å². The van der Waals surface area contributed by atoms with Gasteiger partial charge in [-0.05, 0) is 38.0 Å². The summed E-state index contributed by atoms with van der Waals surface area (Å²) in [5.41, 5.74) is -0.750. The molecule has 1 amide bonds. The Morgan fingerprint density at radius 3 is 2.46 bits per heavy atom. The molecule has 0 spiro atoms. The number of sulfonamides is 1. The molecule has 1 aliphatic carbocycles. The lowest BCUT2D eigenvalue weighted by Gasteiger charge is -2.33. The lowest BCUT2D eigenvalue weighted by molar-refractivity contribution is -0.149. The number of carboxylic acids is 1. The molecule has 148 valence electrons. The highest BCUT2D eigenvalue weighted by Gasteiger charge is 2.56. The quantitative estimate of drug-likeness (QED) is 0.747. The standard InChI is InChI=1S/C18H30N2O5S/c1-2-3-11-26(24,25)20-9-6-14(7-10-20)16(21)19-12-15-5-4-8-18(15,13-19)17(22)23/h14-15H,2-13H2,1H3,(H,22,23)/t15-,18+/m0/s1. The number of unbranched alkanes of at least 4 members (excludes halogenated alkanes) is 1. The second-order valence-corrected chi connectivity index (χ2v) is 10.2. The largest absolute Gasteiger partial charge is 0.481 e. The Morgan fingerprint density at radius 2 is 1.88 bits per heavy atom. The van der Waals surface area contributed by atoms with Crippen molar-refractivity contribution in [1.82, 2.24) is 9.21 Å². The van der Waals surface area contributed by atoms with Gasteiger partial charge >= 0.3 is 5.97 Å². The summed E-state index contributed by atoms with van der Waals surface area (Å²) in [6.45, 7) is 3.62. The third-order valence-electron chi connectivity index (χ3n) is 6.56. The Balaban J connectivity index is 1.57. The lowest BCUT2D eigenvalue weighted by atomic mass is 9.81. The summed E-state index contributed by atoms with van der Waals surface area (Å²) in [5, 5.41) is 9.67. The first-order valence-electron chi connectivity index (χ1n) is 9.80. The van der Waals surface area contributed by atoms with Crippen LogP contribution in [0.15, 0.2) is 0 Å². The number of aliphatic carboxylic acids is 1. The highest BCUT2D eigenvalue weighted by Crippen LogP contribution is 2.49. The molecule has 0 aromatic carbocycles. The van der Waals surface area contributed by atoms with E-state index in [-0.39, 0.29) is 23.5 Å². The van der Waals surface area contributed by atoms with Crippen LogP contribution < -0.4 is 0 Å². The maximum absolute atomic E-state index is 12.9. The number of piperidine rings is 1. The molecule has 0 aromatic rings. The van der Waals surface area contributed by atoms with Crippen molar-refractivity contribution >= 4 is 21.9 Å². The average Bonchev–Trinajstić information content (AvgIpc) is 3.18. The van der Waals surface area contributed by atoms with E-state index in [9.17, 15) is 23.1 Å². The molecule has 3 fully saturated rings. The average molecular weight is 387 g/mol. The molecule has 0 bridgehead atoms. The van der Waals surface area contributed by atoms with Crippen LogP contribution in [0, 0.1) is 17.3 Å². The first-order valence-corrected chi connectivity index (χ1v) is 11.4.